The van der Waals surface area contributed by atoms with Crippen molar-refractivity contribution in [2.24, 2.45) is 5.92 Å². The molecule has 0 bridgehead atoms. The van der Waals surface area contributed by atoms with E-state index in [0.29, 0.717) is 48.9 Å². The number of carbonyl (C=O) groups is 2. The molecule has 4 aromatic heterocycles. The SMILES string of the molecule is Cc1ncsc1-c1ccc(CNC(=O)[C@@H]2C[C@@H](O)CN2C(=O)C(c2cc(OCCN(C)Cc3cc4cc(-c5ccccc5O)nnc4[nH]3)no2)C(C)C)cc1. The van der Waals surface area contributed by atoms with Crippen LogP contribution in [0.25, 0.3) is 32.7 Å². The van der Waals surface area contributed by atoms with E-state index >= 15 is 0 Å². The zero-order valence-corrected chi connectivity index (χ0v) is 31.9. The normalized spacial score (nSPS) is 16.3. The fourth-order valence-electron chi connectivity index (χ4n) is 6.94. The van der Waals surface area contributed by atoms with Crippen LogP contribution in [0.15, 0.2) is 76.8 Å². The smallest absolute Gasteiger partial charge is 0.254 e. The number of likely N-dealkylation sites (tertiary alicyclic amines) is 1. The number of aryl methyl sites for hydroxylation is 1. The number of H-pyrrole nitrogens is 1. The molecule has 55 heavy (non-hydrogen) atoms. The Kier molecular flexibility index (Phi) is 11.2. The summed E-state index contributed by atoms with van der Waals surface area (Å²) in [4.78, 5) is 39.7. The molecule has 1 saturated heterocycles. The standard InChI is InChI=1S/C40H44N8O6S/c1-23(2)36(40(52)48-21-29(49)17-32(48)39(51)41-19-25-9-11-26(12-10-25)37-24(3)42-22-55-37)34-18-35(46-54-34)53-14-13-47(4)20-28-15-27-16-31(44-45-38(27)43-28)30-7-5-6-8-33(30)50/h5-12,15-16,18,22-23,29,32,36,49-50H,13-14,17,19-21H2,1-4H3,(H,41,51)(H,43,45)/t29-,32+,36?/m1/s1. The number of hydrogen-bond donors (Lipinski definition) is 4. The lowest BCUT2D eigenvalue weighted by atomic mass is 9.91. The maximum atomic E-state index is 14.0. The highest BCUT2D eigenvalue weighted by atomic mass is 32.1. The highest BCUT2D eigenvalue weighted by molar-refractivity contribution is 7.13. The maximum Gasteiger partial charge on any atom is 0.254 e. The molecule has 14 nitrogen and oxygen atoms in total. The van der Waals surface area contributed by atoms with Crippen LogP contribution < -0.4 is 10.1 Å². The third-order valence-corrected chi connectivity index (χ3v) is 10.8. The Balaban J connectivity index is 0.923. The Morgan fingerprint density at radius 3 is 2.67 bits per heavy atom. The minimum Gasteiger partial charge on any atom is -0.507 e. The number of rotatable bonds is 14. The fourth-order valence-corrected chi connectivity index (χ4v) is 7.75. The molecule has 7 rings (SSSR count). The molecule has 1 unspecified atom stereocenters. The van der Waals surface area contributed by atoms with Gasteiger partial charge in [-0.1, -0.05) is 50.2 Å². The van der Waals surface area contributed by atoms with E-state index in [9.17, 15) is 19.8 Å². The molecule has 2 amide bonds. The number of para-hydroxylation sites is 1. The Hall–Kier alpha value is -5.64. The summed E-state index contributed by atoms with van der Waals surface area (Å²) in [5.74, 6) is -0.805. The number of carbonyl (C=O) groups excluding carboxylic acids is 2. The van der Waals surface area contributed by atoms with E-state index in [2.05, 4.69) is 35.5 Å². The van der Waals surface area contributed by atoms with Crippen LogP contribution in [0, 0.1) is 12.8 Å². The van der Waals surface area contributed by atoms with Crippen LogP contribution >= 0.6 is 11.3 Å². The minimum atomic E-state index is -0.821. The first kappa shape index (κ1) is 37.7. The molecule has 3 atom stereocenters. The van der Waals surface area contributed by atoms with Gasteiger partial charge >= 0.3 is 0 Å². The quantitative estimate of drug-likeness (QED) is 0.113. The van der Waals surface area contributed by atoms with Gasteiger partial charge in [-0.3, -0.25) is 14.5 Å². The Bertz CT molecular complexity index is 2270. The number of benzene rings is 2. The molecule has 6 aromatic rings. The Morgan fingerprint density at radius 1 is 1.13 bits per heavy atom. The number of amides is 2. The number of nitrogens with zero attached hydrogens (tertiary/aromatic N) is 6. The molecule has 0 aliphatic carbocycles. The van der Waals surface area contributed by atoms with Crippen LogP contribution in [0.4, 0.5) is 0 Å². The van der Waals surface area contributed by atoms with Gasteiger partial charge in [-0.05, 0) is 60.4 Å². The van der Waals surface area contributed by atoms with Gasteiger partial charge in [0.1, 0.15) is 24.3 Å². The number of aromatic nitrogens is 5. The molecule has 4 N–H and O–H groups in total. The predicted octanol–water partition coefficient (Wildman–Crippen LogP) is 5.28. The van der Waals surface area contributed by atoms with Crippen molar-refractivity contribution in [3.8, 4) is 33.3 Å². The van der Waals surface area contributed by atoms with Crippen molar-refractivity contribution < 1.29 is 29.1 Å². The van der Waals surface area contributed by atoms with Crippen LogP contribution in [-0.4, -0.2) is 96.0 Å². The second kappa shape index (κ2) is 16.4. The maximum absolute atomic E-state index is 14.0. The summed E-state index contributed by atoms with van der Waals surface area (Å²) < 4.78 is 11.6. The number of β-amino-alcohol motifs (C(OH)–C–C–N with tert-alkyl or cyclic N) is 1. The number of phenolic OH excluding ortho intramolecular Hbond substituents is 1. The number of thiazole rings is 1. The molecule has 0 saturated carbocycles. The molecule has 0 spiro atoms. The van der Waals surface area contributed by atoms with E-state index in [1.54, 1.807) is 35.6 Å². The van der Waals surface area contributed by atoms with Crippen molar-refractivity contribution in [1.29, 1.82) is 0 Å². The van der Waals surface area contributed by atoms with Crippen LogP contribution in [0.1, 0.15) is 48.9 Å². The van der Waals surface area contributed by atoms with Gasteiger partial charge < -0.3 is 34.7 Å². The lowest BCUT2D eigenvalue weighted by Gasteiger charge is -2.28. The summed E-state index contributed by atoms with van der Waals surface area (Å²) in [6.45, 7) is 7.60. The van der Waals surface area contributed by atoms with Crippen molar-refractivity contribution >= 4 is 34.2 Å². The summed E-state index contributed by atoms with van der Waals surface area (Å²) in [5, 5.41) is 37.3. The Labute approximate surface area is 322 Å². The van der Waals surface area contributed by atoms with Crippen LogP contribution in [0.2, 0.25) is 0 Å². The van der Waals surface area contributed by atoms with Gasteiger partial charge in [-0.2, -0.15) is 0 Å². The second-order valence-corrected chi connectivity index (χ2v) is 15.2. The van der Waals surface area contributed by atoms with E-state index in [0.717, 1.165) is 32.8 Å². The predicted molar refractivity (Wildman–Crippen MR) is 207 cm³/mol. The summed E-state index contributed by atoms with van der Waals surface area (Å²) in [6, 6.07) is 19.7. The van der Waals surface area contributed by atoms with Gasteiger partial charge in [0.05, 0.1) is 27.9 Å². The molecule has 1 aliphatic heterocycles. The van der Waals surface area contributed by atoms with Gasteiger partial charge in [0, 0.05) is 55.3 Å². The van der Waals surface area contributed by atoms with Crippen molar-refractivity contribution in [3.05, 3.63) is 95.0 Å². The number of likely N-dealkylation sites (N-methyl/N-ethyl adjacent to an activating group) is 1. The summed E-state index contributed by atoms with van der Waals surface area (Å²) in [5.41, 5.74) is 7.59. The first-order valence-corrected chi connectivity index (χ1v) is 19.1. The molecular formula is C40H44N8O6S. The second-order valence-electron chi connectivity index (χ2n) is 14.3. The topological polar surface area (TPSA) is 183 Å². The Morgan fingerprint density at radius 2 is 1.93 bits per heavy atom. The van der Waals surface area contributed by atoms with E-state index in [1.165, 1.54) is 4.90 Å². The number of phenols is 1. The molecular weight excluding hydrogens is 721 g/mol. The van der Waals surface area contributed by atoms with Crippen molar-refractivity contribution in [2.75, 3.05) is 26.7 Å². The third kappa shape index (κ3) is 8.53. The first-order chi connectivity index (χ1) is 26.5. The number of aliphatic hydroxyl groups is 1. The molecule has 5 heterocycles. The molecule has 2 aromatic carbocycles. The molecule has 1 aliphatic rings. The number of nitrogens with one attached hydrogen (secondary N) is 2. The minimum absolute atomic E-state index is 0.0492. The van der Waals surface area contributed by atoms with E-state index in [1.807, 2.05) is 75.8 Å². The van der Waals surface area contributed by atoms with Crippen molar-refractivity contribution in [1.82, 2.24) is 40.4 Å². The molecule has 1 fully saturated rings. The monoisotopic (exact) mass is 764 g/mol. The van der Waals surface area contributed by atoms with Crippen molar-refractivity contribution in [2.45, 2.75) is 58.3 Å². The summed E-state index contributed by atoms with van der Waals surface area (Å²) in [7, 11) is 1.97. The average Bonchev–Trinajstić information content (AvgIpc) is 3.98. The highest BCUT2D eigenvalue weighted by Gasteiger charge is 2.43. The van der Waals surface area contributed by atoms with E-state index in [-0.39, 0.29) is 42.3 Å². The average molecular weight is 765 g/mol. The summed E-state index contributed by atoms with van der Waals surface area (Å²) >= 11 is 1.59. The number of hydrogen-bond acceptors (Lipinski definition) is 12. The van der Waals surface area contributed by atoms with E-state index < -0.39 is 18.1 Å². The zero-order valence-electron chi connectivity index (χ0n) is 31.1. The zero-order chi connectivity index (χ0) is 38.6. The largest absolute Gasteiger partial charge is 0.507 e. The van der Waals surface area contributed by atoms with Gasteiger partial charge in [-0.15, -0.1) is 21.5 Å². The molecule has 15 heteroatoms. The lowest BCUT2D eigenvalue weighted by Crippen LogP contribution is -2.48. The van der Waals surface area contributed by atoms with Gasteiger partial charge in [0.15, 0.2) is 11.4 Å². The van der Waals surface area contributed by atoms with Gasteiger partial charge in [-0.25, -0.2) is 4.98 Å². The van der Waals surface area contributed by atoms with Gasteiger partial charge in [0.25, 0.3) is 5.88 Å². The van der Waals surface area contributed by atoms with E-state index in [4.69, 9.17) is 9.26 Å². The highest BCUT2D eigenvalue weighted by Crippen LogP contribution is 2.33. The number of ether oxygens (including phenoxy) is 1. The number of aliphatic hydroxyl groups excluding tert-OH is 1. The number of aromatic amines is 1. The number of fused-ring (bicyclic) bond motifs is 1. The lowest BCUT2D eigenvalue weighted by molar-refractivity contribution is -0.141. The fraction of sp³-hybridized carbons (Fsp3) is 0.350. The molecule has 0 radical (unpaired) electrons. The van der Waals surface area contributed by atoms with Crippen LogP contribution in [-0.2, 0) is 22.7 Å². The molecule has 286 valence electrons. The number of aromatic hydroxyl groups is 1. The third-order valence-electron chi connectivity index (χ3n) is 9.81. The summed E-state index contributed by atoms with van der Waals surface area (Å²) in [6.07, 6.45) is -0.672. The van der Waals surface area contributed by atoms with Crippen molar-refractivity contribution in [3.63, 3.8) is 0 Å². The van der Waals surface area contributed by atoms with Gasteiger partial charge in [0.2, 0.25) is 11.8 Å². The first-order valence-electron chi connectivity index (χ1n) is 18.2. The van der Waals surface area contributed by atoms with Crippen LogP contribution in [0.5, 0.6) is 11.6 Å². The van der Waals surface area contributed by atoms with Crippen LogP contribution in [0.3, 0.4) is 0 Å².